The Bertz CT molecular complexity index is 244. The number of nitrogens with zero attached hydrogens (tertiary/aromatic N) is 2. The second kappa shape index (κ2) is 4.64. The zero-order chi connectivity index (χ0) is 10.6. The number of nitrogens with one attached hydrogen (secondary N) is 1. The molecular formula is C9H15N3O2. The van der Waals surface area contributed by atoms with Gasteiger partial charge in [-0.1, -0.05) is 6.58 Å². The van der Waals surface area contributed by atoms with Crippen LogP contribution in [-0.2, 0) is 4.79 Å². The fraction of sp³-hybridized carbons (Fsp3) is 0.556. The Morgan fingerprint density at radius 2 is 1.71 bits per heavy atom. The summed E-state index contributed by atoms with van der Waals surface area (Å²) in [5.74, 6) is 0.0637. The molecule has 0 aliphatic carbocycles. The highest BCUT2D eigenvalue weighted by Crippen LogP contribution is 2.01. The molecule has 3 amide bonds. The smallest absolute Gasteiger partial charge is 0.321 e. The van der Waals surface area contributed by atoms with E-state index < -0.39 is 0 Å². The van der Waals surface area contributed by atoms with Crippen molar-refractivity contribution in [1.29, 1.82) is 0 Å². The number of hydrogen-bond donors (Lipinski definition) is 1. The van der Waals surface area contributed by atoms with Gasteiger partial charge in [0.25, 0.3) is 0 Å². The Labute approximate surface area is 83.4 Å². The van der Waals surface area contributed by atoms with Crippen molar-refractivity contribution in [3.8, 4) is 0 Å². The highest BCUT2D eigenvalue weighted by atomic mass is 16.2. The molecule has 1 fully saturated rings. The van der Waals surface area contributed by atoms with Gasteiger partial charge in [0.2, 0.25) is 5.91 Å². The van der Waals surface area contributed by atoms with Crippen molar-refractivity contribution in [3.05, 3.63) is 12.8 Å². The molecule has 1 N–H and O–H groups in total. The molecule has 78 valence electrons. The van der Waals surface area contributed by atoms with Crippen LogP contribution >= 0.6 is 0 Å². The van der Waals surface area contributed by atoms with Crippen LogP contribution in [0.5, 0.6) is 0 Å². The zero-order valence-corrected chi connectivity index (χ0v) is 8.32. The Morgan fingerprint density at radius 3 is 2.14 bits per heavy atom. The van der Waals surface area contributed by atoms with Crippen molar-refractivity contribution >= 4 is 11.9 Å². The van der Waals surface area contributed by atoms with Crippen LogP contribution in [0.4, 0.5) is 4.79 Å². The Hall–Kier alpha value is -1.52. The SMILES string of the molecule is C=CNC(=O)N1CCN(C(C)=O)CC1. The van der Waals surface area contributed by atoms with Crippen LogP contribution in [0.3, 0.4) is 0 Å². The van der Waals surface area contributed by atoms with Crippen molar-refractivity contribution < 1.29 is 9.59 Å². The van der Waals surface area contributed by atoms with Gasteiger partial charge in [0.1, 0.15) is 0 Å². The van der Waals surface area contributed by atoms with E-state index in [4.69, 9.17) is 0 Å². The number of carbonyl (C=O) groups is 2. The van der Waals surface area contributed by atoms with E-state index in [1.165, 1.54) is 6.20 Å². The summed E-state index contributed by atoms with van der Waals surface area (Å²) in [6.07, 6.45) is 1.36. The first-order chi connectivity index (χ1) is 6.65. The predicted molar refractivity (Wildman–Crippen MR) is 52.6 cm³/mol. The molecule has 14 heavy (non-hydrogen) atoms. The molecule has 1 aliphatic heterocycles. The molecule has 5 heteroatoms. The lowest BCUT2D eigenvalue weighted by molar-refractivity contribution is -0.130. The topological polar surface area (TPSA) is 52.7 Å². The third-order valence-corrected chi connectivity index (χ3v) is 2.24. The molecule has 5 nitrogen and oxygen atoms in total. The van der Waals surface area contributed by atoms with E-state index in [0.717, 1.165) is 0 Å². The molecule has 0 aromatic carbocycles. The van der Waals surface area contributed by atoms with Crippen molar-refractivity contribution in [2.75, 3.05) is 26.2 Å². The van der Waals surface area contributed by atoms with E-state index in [0.29, 0.717) is 26.2 Å². The first-order valence-electron chi connectivity index (χ1n) is 4.57. The summed E-state index contributed by atoms with van der Waals surface area (Å²) in [5.41, 5.74) is 0. The van der Waals surface area contributed by atoms with E-state index in [2.05, 4.69) is 11.9 Å². The summed E-state index contributed by atoms with van der Waals surface area (Å²) in [6.45, 7) is 7.34. The molecule has 1 saturated heterocycles. The number of urea groups is 1. The van der Waals surface area contributed by atoms with Crippen molar-refractivity contribution in [3.63, 3.8) is 0 Å². The van der Waals surface area contributed by atoms with E-state index in [1.807, 2.05) is 0 Å². The molecule has 1 rings (SSSR count). The van der Waals surface area contributed by atoms with Crippen molar-refractivity contribution in [2.24, 2.45) is 0 Å². The molecule has 1 heterocycles. The number of rotatable bonds is 1. The van der Waals surface area contributed by atoms with Gasteiger partial charge < -0.3 is 15.1 Å². The maximum atomic E-state index is 11.3. The molecule has 1 aliphatic rings. The van der Waals surface area contributed by atoms with Gasteiger partial charge in [-0.15, -0.1) is 0 Å². The van der Waals surface area contributed by atoms with Crippen LogP contribution in [0.25, 0.3) is 0 Å². The van der Waals surface area contributed by atoms with E-state index in [1.54, 1.807) is 16.7 Å². The third-order valence-electron chi connectivity index (χ3n) is 2.24. The first kappa shape index (κ1) is 10.6. The quantitative estimate of drug-likeness (QED) is 0.643. The highest BCUT2D eigenvalue weighted by Gasteiger charge is 2.21. The van der Waals surface area contributed by atoms with E-state index >= 15 is 0 Å². The molecular weight excluding hydrogens is 182 g/mol. The Balaban J connectivity index is 2.38. The molecule has 0 radical (unpaired) electrons. The van der Waals surface area contributed by atoms with Crippen LogP contribution in [-0.4, -0.2) is 47.9 Å². The van der Waals surface area contributed by atoms with E-state index in [9.17, 15) is 9.59 Å². The number of piperazine rings is 1. The molecule has 0 bridgehead atoms. The fourth-order valence-electron chi connectivity index (χ4n) is 1.40. The van der Waals surface area contributed by atoms with Crippen LogP contribution in [0.1, 0.15) is 6.92 Å². The predicted octanol–water partition coefficient (Wildman–Crippen LogP) is 0.00360. The van der Waals surface area contributed by atoms with Gasteiger partial charge in [-0.25, -0.2) is 4.79 Å². The highest BCUT2D eigenvalue weighted by molar-refractivity contribution is 5.76. The number of amides is 3. The van der Waals surface area contributed by atoms with Gasteiger partial charge in [0.15, 0.2) is 0 Å². The molecule has 0 spiro atoms. The fourth-order valence-corrected chi connectivity index (χ4v) is 1.40. The first-order valence-corrected chi connectivity index (χ1v) is 4.57. The molecule has 0 unspecified atom stereocenters. The summed E-state index contributed by atoms with van der Waals surface area (Å²) in [4.78, 5) is 25.7. The van der Waals surface area contributed by atoms with Gasteiger partial charge >= 0.3 is 6.03 Å². The zero-order valence-electron chi connectivity index (χ0n) is 8.32. The van der Waals surface area contributed by atoms with Gasteiger partial charge in [-0.2, -0.15) is 0 Å². The summed E-state index contributed by atoms with van der Waals surface area (Å²) < 4.78 is 0. The minimum Gasteiger partial charge on any atom is -0.339 e. The van der Waals surface area contributed by atoms with Crippen LogP contribution in [0.15, 0.2) is 12.8 Å². The van der Waals surface area contributed by atoms with E-state index in [-0.39, 0.29) is 11.9 Å². The van der Waals surface area contributed by atoms with Gasteiger partial charge in [0.05, 0.1) is 0 Å². The summed E-state index contributed by atoms with van der Waals surface area (Å²) in [7, 11) is 0. The number of hydrogen-bond acceptors (Lipinski definition) is 2. The van der Waals surface area contributed by atoms with Crippen molar-refractivity contribution in [1.82, 2.24) is 15.1 Å². The summed E-state index contributed by atoms with van der Waals surface area (Å²) in [5, 5.41) is 2.51. The Kier molecular flexibility index (Phi) is 3.50. The second-order valence-corrected chi connectivity index (χ2v) is 3.15. The normalized spacial score (nSPS) is 16.4. The van der Waals surface area contributed by atoms with Crippen molar-refractivity contribution in [2.45, 2.75) is 6.92 Å². The Morgan fingerprint density at radius 1 is 1.21 bits per heavy atom. The molecule has 0 atom stereocenters. The van der Waals surface area contributed by atoms with Gasteiger partial charge in [-0.3, -0.25) is 4.79 Å². The van der Waals surface area contributed by atoms with Gasteiger partial charge in [0, 0.05) is 33.1 Å². The third kappa shape index (κ3) is 2.48. The minimum atomic E-state index is -0.150. The monoisotopic (exact) mass is 197 g/mol. The molecule has 0 saturated carbocycles. The lowest BCUT2D eigenvalue weighted by atomic mass is 10.3. The lowest BCUT2D eigenvalue weighted by Gasteiger charge is -2.33. The number of carbonyl (C=O) groups excluding carboxylic acids is 2. The summed E-state index contributed by atoms with van der Waals surface area (Å²) in [6, 6.07) is -0.150. The molecule has 0 aromatic heterocycles. The van der Waals surface area contributed by atoms with Gasteiger partial charge in [-0.05, 0) is 6.20 Å². The maximum Gasteiger partial charge on any atom is 0.321 e. The lowest BCUT2D eigenvalue weighted by Crippen LogP contribution is -2.52. The standard InChI is InChI=1S/C9H15N3O2/c1-3-10-9(14)12-6-4-11(5-7-12)8(2)13/h3H,1,4-7H2,2H3,(H,10,14). The van der Waals surface area contributed by atoms with Crippen LogP contribution in [0.2, 0.25) is 0 Å². The maximum absolute atomic E-state index is 11.3. The minimum absolute atomic E-state index is 0.0637. The average molecular weight is 197 g/mol. The molecule has 0 aromatic rings. The second-order valence-electron chi connectivity index (χ2n) is 3.15. The van der Waals surface area contributed by atoms with Crippen LogP contribution in [0, 0.1) is 0 Å². The summed E-state index contributed by atoms with van der Waals surface area (Å²) >= 11 is 0. The largest absolute Gasteiger partial charge is 0.339 e. The average Bonchev–Trinajstić information content (AvgIpc) is 2.18. The van der Waals surface area contributed by atoms with Crippen LogP contribution < -0.4 is 5.32 Å².